The predicted octanol–water partition coefficient (Wildman–Crippen LogP) is 1.73. The van der Waals surface area contributed by atoms with E-state index in [1.807, 2.05) is 6.92 Å². The maximum absolute atomic E-state index is 12.3. The molecule has 0 saturated heterocycles. The fourth-order valence-corrected chi connectivity index (χ4v) is 3.05. The Hall–Kier alpha value is -2.54. The van der Waals surface area contributed by atoms with Gasteiger partial charge in [-0.2, -0.15) is 0 Å². The summed E-state index contributed by atoms with van der Waals surface area (Å²) >= 11 is 6.13. The van der Waals surface area contributed by atoms with E-state index in [4.69, 9.17) is 20.8 Å². The van der Waals surface area contributed by atoms with Crippen LogP contribution in [0.4, 0.5) is 0 Å². The van der Waals surface area contributed by atoms with E-state index >= 15 is 0 Å². The summed E-state index contributed by atoms with van der Waals surface area (Å²) in [5.41, 5.74) is 0.310. The molecule has 146 valence electrons. The molecule has 0 spiro atoms. The molecule has 0 aliphatic carbocycles. The van der Waals surface area contributed by atoms with Gasteiger partial charge in [-0.15, -0.1) is 0 Å². The second-order valence-electron chi connectivity index (χ2n) is 6.23. The van der Waals surface area contributed by atoms with Gasteiger partial charge in [-0.25, -0.2) is 4.79 Å². The van der Waals surface area contributed by atoms with Crippen LogP contribution in [-0.2, 0) is 16.0 Å². The zero-order chi connectivity index (χ0) is 20.1. The molecule has 1 heterocycles. The minimum atomic E-state index is -1.35. The van der Waals surface area contributed by atoms with Crippen LogP contribution >= 0.6 is 11.6 Å². The lowest BCUT2D eigenvalue weighted by atomic mass is 10.0. The highest BCUT2D eigenvalue weighted by Gasteiger charge is 2.19. The zero-order valence-corrected chi connectivity index (χ0v) is 16.1. The third kappa shape index (κ3) is 4.80. The van der Waals surface area contributed by atoms with E-state index in [9.17, 15) is 19.5 Å². The average Bonchev–Trinajstić information content (AvgIpc) is 2.62. The molecule has 1 aromatic carbocycles. The number of nitrogens with one attached hydrogen (secondary N) is 1. The van der Waals surface area contributed by atoms with Gasteiger partial charge in [0, 0.05) is 11.5 Å². The molecule has 1 atom stereocenters. The number of ether oxygens (including phenoxy) is 1. The summed E-state index contributed by atoms with van der Waals surface area (Å²) < 4.78 is 10.4. The van der Waals surface area contributed by atoms with E-state index in [2.05, 4.69) is 5.32 Å². The third-order valence-electron chi connectivity index (χ3n) is 4.36. The van der Waals surface area contributed by atoms with Crippen molar-refractivity contribution in [1.29, 1.82) is 0 Å². The molecule has 0 aliphatic rings. The molecule has 1 aromatic heterocycles. The molecule has 27 heavy (non-hydrogen) atoms. The van der Waals surface area contributed by atoms with Crippen LogP contribution in [0.2, 0.25) is 5.02 Å². The van der Waals surface area contributed by atoms with Crippen molar-refractivity contribution in [3.63, 3.8) is 0 Å². The fraction of sp³-hybridized carbons (Fsp3) is 0.421. The quantitative estimate of drug-likeness (QED) is 0.683. The largest absolute Gasteiger partial charge is 0.548 e. The number of halogens is 1. The fourth-order valence-electron chi connectivity index (χ4n) is 2.81. The van der Waals surface area contributed by atoms with Crippen molar-refractivity contribution in [3.8, 4) is 5.75 Å². The molecule has 0 aliphatic heterocycles. The Morgan fingerprint density at radius 3 is 2.67 bits per heavy atom. The van der Waals surface area contributed by atoms with Crippen molar-refractivity contribution in [2.45, 2.75) is 45.6 Å². The van der Waals surface area contributed by atoms with E-state index in [0.29, 0.717) is 33.7 Å². The first kappa shape index (κ1) is 20.8. The van der Waals surface area contributed by atoms with Gasteiger partial charge in [-0.3, -0.25) is 4.79 Å². The van der Waals surface area contributed by atoms with E-state index in [1.165, 1.54) is 13.2 Å². The van der Waals surface area contributed by atoms with E-state index in [-0.39, 0.29) is 18.4 Å². The molecule has 2 rings (SSSR count). The highest BCUT2D eigenvalue weighted by atomic mass is 35.5. The second-order valence-corrected chi connectivity index (χ2v) is 6.64. The standard InChI is InChI=1S/C19H22ClNO6/c1-4-5-6-14(18(23)24)21-17(22)8-12-10(2)11-7-13(20)16(26-3)9-15(11)27-19(12)25/h7,9,14H,4-6,8H2,1-3H3,(H,21,22)(H,23,24)/p-1/t14-/m1/s1. The van der Waals surface area contributed by atoms with Crippen LogP contribution in [0, 0.1) is 6.92 Å². The Balaban J connectivity index is 2.31. The number of amides is 1. The highest BCUT2D eigenvalue weighted by Crippen LogP contribution is 2.31. The number of fused-ring (bicyclic) bond motifs is 1. The summed E-state index contributed by atoms with van der Waals surface area (Å²) in [6, 6.07) is 2.01. The third-order valence-corrected chi connectivity index (χ3v) is 4.66. The maximum atomic E-state index is 12.3. The smallest absolute Gasteiger partial charge is 0.340 e. The molecule has 0 bridgehead atoms. The summed E-state index contributed by atoms with van der Waals surface area (Å²) in [5, 5.41) is 14.5. The number of aryl methyl sites for hydroxylation is 1. The van der Waals surface area contributed by atoms with Gasteiger partial charge in [0.25, 0.3) is 0 Å². The number of carboxylic acids is 1. The van der Waals surface area contributed by atoms with Crippen LogP contribution in [0.1, 0.15) is 37.3 Å². The van der Waals surface area contributed by atoms with Gasteiger partial charge in [0.05, 0.1) is 36.1 Å². The number of methoxy groups -OCH3 is 1. The Kier molecular flexibility index (Phi) is 6.85. The monoisotopic (exact) mass is 394 g/mol. The molecule has 0 fully saturated rings. The van der Waals surface area contributed by atoms with Gasteiger partial charge in [0.1, 0.15) is 11.3 Å². The second kappa shape index (κ2) is 8.90. The van der Waals surface area contributed by atoms with Crippen molar-refractivity contribution >= 4 is 34.4 Å². The lowest BCUT2D eigenvalue weighted by Crippen LogP contribution is -2.48. The maximum Gasteiger partial charge on any atom is 0.340 e. The molecule has 0 radical (unpaired) electrons. The first-order valence-electron chi connectivity index (χ1n) is 8.58. The van der Waals surface area contributed by atoms with Crippen LogP contribution < -0.4 is 20.8 Å². The van der Waals surface area contributed by atoms with Gasteiger partial charge in [-0.05, 0) is 25.0 Å². The van der Waals surface area contributed by atoms with Crippen LogP contribution in [0.15, 0.2) is 21.3 Å². The van der Waals surface area contributed by atoms with E-state index in [1.54, 1.807) is 13.0 Å². The highest BCUT2D eigenvalue weighted by molar-refractivity contribution is 6.32. The first-order chi connectivity index (χ1) is 12.8. The number of carboxylic acid groups (broad SMARTS) is 1. The number of hydrogen-bond acceptors (Lipinski definition) is 6. The van der Waals surface area contributed by atoms with Crippen molar-refractivity contribution < 1.29 is 23.8 Å². The number of aliphatic carboxylic acids is 1. The Labute approximate surface area is 161 Å². The van der Waals surface area contributed by atoms with E-state index in [0.717, 1.165) is 6.42 Å². The number of carbonyl (C=O) groups excluding carboxylic acids is 2. The molecular weight excluding hydrogens is 374 g/mol. The molecule has 7 nitrogen and oxygen atoms in total. The molecular formula is C19H21ClNO6-. The van der Waals surface area contributed by atoms with E-state index < -0.39 is 23.5 Å². The zero-order valence-electron chi connectivity index (χ0n) is 15.4. The molecule has 0 saturated carbocycles. The topological polar surface area (TPSA) is 109 Å². The van der Waals surface area contributed by atoms with Crippen molar-refractivity contribution in [3.05, 3.63) is 38.7 Å². The summed E-state index contributed by atoms with van der Waals surface area (Å²) in [7, 11) is 1.45. The number of carbonyl (C=O) groups is 2. The van der Waals surface area contributed by atoms with Crippen LogP contribution in [0.5, 0.6) is 5.75 Å². The molecule has 1 amide bonds. The van der Waals surface area contributed by atoms with Gasteiger partial charge < -0.3 is 24.4 Å². The number of rotatable bonds is 8. The lowest BCUT2D eigenvalue weighted by Gasteiger charge is -2.19. The van der Waals surface area contributed by atoms with Crippen molar-refractivity contribution in [2.75, 3.05) is 7.11 Å². The summed E-state index contributed by atoms with van der Waals surface area (Å²) in [5.74, 6) is -1.57. The summed E-state index contributed by atoms with van der Waals surface area (Å²) in [4.78, 5) is 35.8. The number of benzene rings is 1. The summed E-state index contributed by atoms with van der Waals surface area (Å²) in [6.45, 7) is 3.59. The normalized spacial score (nSPS) is 12.0. The first-order valence-corrected chi connectivity index (χ1v) is 8.96. The van der Waals surface area contributed by atoms with Gasteiger partial charge >= 0.3 is 5.63 Å². The summed E-state index contributed by atoms with van der Waals surface area (Å²) in [6.07, 6.45) is 1.39. The van der Waals surface area contributed by atoms with Crippen LogP contribution in [-0.4, -0.2) is 25.0 Å². The van der Waals surface area contributed by atoms with Gasteiger partial charge in [-0.1, -0.05) is 31.4 Å². The van der Waals surface area contributed by atoms with Crippen molar-refractivity contribution in [2.24, 2.45) is 0 Å². The van der Waals surface area contributed by atoms with Crippen LogP contribution in [0.25, 0.3) is 11.0 Å². The Bertz CT molecular complexity index is 921. The lowest BCUT2D eigenvalue weighted by molar-refractivity contribution is -0.308. The van der Waals surface area contributed by atoms with Crippen molar-refractivity contribution in [1.82, 2.24) is 5.32 Å². The number of hydrogen-bond donors (Lipinski definition) is 1. The molecule has 0 unspecified atom stereocenters. The number of unbranched alkanes of at least 4 members (excludes halogenated alkanes) is 1. The minimum absolute atomic E-state index is 0.147. The van der Waals surface area contributed by atoms with Crippen LogP contribution in [0.3, 0.4) is 0 Å². The van der Waals surface area contributed by atoms with Gasteiger partial charge in [0.2, 0.25) is 5.91 Å². The molecule has 1 N–H and O–H groups in total. The molecule has 2 aromatic rings. The molecule has 8 heteroatoms. The Morgan fingerprint density at radius 1 is 1.37 bits per heavy atom. The van der Waals surface area contributed by atoms with Gasteiger partial charge in [0.15, 0.2) is 0 Å². The SMILES string of the molecule is CCCC[C@@H](NC(=O)Cc1c(C)c2cc(Cl)c(OC)cc2oc1=O)C(=O)[O-]. The predicted molar refractivity (Wildman–Crippen MR) is 98.9 cm³/mol. The Morgan fingerprint density at radius 2 is 2.07 bits per heavy atom. The average molecular weight is 395 g/mol. The minimum Gasteiger partial charge on any atom is -0.548 e.